The van der Waals surface area contributed by atoms with Crippen LogP contribution in [0.5, 0.6) is 11.5 Å². The second-order valence-corrected chi connectivity index (χ2v) is 8.56. The van der Waals surface area contributed by atoms with Crippen LogP contribution in [0.15, 0.2) is 77.4 Å². The Labute approximate surface area is 213 Å². The molecule has 1 fully saturated rings. The van der Waals surface area contributed by atoms with Crippen LogP contribution in [0.1, 0.15) is 29.9 Å². The van der Waals surface area contributed by atoms with Gasteiger partial charge in [-0.15, -0.1) is 0 Å². The molecule has 0 aliphatic carbocycles. The van der Waals surface area contributed by atoms with Crippen LogP contribution in [0, 0.1) is 0 Å². The predicted octanol–water partition coefficient (Wildman–Crippen LogP) is 3.65. The third-order valence-corrected chi connectivity index (χ3v) is 6.08. The molecule has 0 radical (unpaired) electrons. The summed E-state index contributed by atoms with van der Waals surface area (Å²) >= 11 is 0. The first-order chi connectivity index (χ1) is 18.0. The van der Waals surface area contributed by atoms with E-state index in [1.807, 2.05) is 30.3 Å². The highest BCUT2D eigenvalue weighted by atomic mass is 16.5. The van der Waals surface area contributed by atoms with Gasteiger partial charge < -0.3 is 24.5 Å². The van der Waals surface area contributed by atoms with Crippen LogP contribution in [0.3, 0.4) is 0 Å². The molecule has 1 saturated heterocycles. The van der Waals surface area contributed by atoms with Gasteiger partial charge in [-0.05, 0) is 35.4 Å². The average molecular weight is 502 g/mol. The molecule has 2 unspecified atom stereocenters. The Bertz CT molecular complexity index is 1380. The topological polar surface area (TPSA) is 120 Å². The lowest BCUT2D eigenvalue weighted by Crippen LogP contribution is -2.50. The van der Waals surface area contributed by atoms with Crippen LogP contribution in [0.2, 0.25) is 0 Å². The van der Waals surface area contributed by atoms with Crippen molar-refractivity contribution in [3.8, 4) is 23.0 Å². The molecule has 4 aromatic rings. The molecule has 10 nitrogen and oxygen atoms in total. The molecule has 1 aliphatic heterocycles. The number of benzene rings is 2. The van der Waals surface area contributed by atoms with E-state index in [9.17, 15) is 9.59 Å². The number of methoxy groups -OCH3 is 2. The number of amides is 2. The number of rotatable bonds is 8. The molecule has 0 spiro atoms. The number of carbonyl (C=O) groups excluding carboxylic acids is 2. The van der Waals surface area contributed by atoms with Crippen molar-refractivity contribution in [2.75, 3.05) is 19.5 Å². The van der Waals surface area contributed by atoms with Crippen molar-refractivity contribution in [3.05, 3.63) is 84.1 Å². The number of nitrogens with zero attached hydrogens (tertiary/aromatic N) is 2. The summed E-state index contributed by atoms with van der Waals surface area (Å²) in [5.41, 5.74) is 2.25. The average Bonchev–Trinajstić information content (AvgIpc) is 3.59. The van der Waals surface area contributed by atoms with E-state index >= 15 is 0 Å². The summed E-state index contributed by atoms with van der Waals surface area (Å²) in [5.74, 6) is 1.68. The zero-order valence-electron chi connectivity index (χ0n) is 20.4. The van der Waals surface area contributed by atoms with Gasteiger partial charge in [-0.3, -0.25) is 14.9 Å². The van der Waals surface area contributed by atoms with Crippen LogP contribution in [0.4, 0.5) is 5.82 Å². The fourth-order valence-electron chi connectivity index (χ4n) is 4.31. The maximum Gasteiger partial charge on any atom is 0.229 e. The molecule has 0 saturated carbocycles. The zero-order valence-corrected chi connectivity index (χ0v) is 20.4. The Morgan fingerprint density at radius 3 is 2.62 bits per heavy atom. The van der Waals surface area contributed by atoms with Crippen LogP contribution < -0.4 is 25.4 Å². The molecule has 5 rings (SSSR count). The Kier molecular flexibility index (Phi) is 6.91. The van der Waals surface area contributed by atoms with Gasteiger partial charge in [0.1, 0.15) is 11.5 Å². The molecular weight excluding hydrogens is 474 g/mol. The highest BCUT2D eigenvalue weighted by Crippen LogP contribution is 2.30. The van der Waals surface area contributed by atoms with Crippen LogP contribution >= 0.6 is 0 Å². The number of ether oxygens (including phenoxy) is 2. The Morgan fingerprint density at radius 2 is 1.89 bits per heavy atom. The van der Waals surface area contributed by atoms with Gasteiger partial charge in [-0.2, -0.15) is 5.10 Å². The number of hydrogen-bond donors (Lipinski definition) is 3. The van der Waals surface area contributed by atoms with E-state index < -0.39 is 6.29 Å². The fourth-order valence-corrected chi connectivity index (χ4v) is 4.31. The van der Waals surface area contributed by atoms with Crippen molar-refractivity contribution in [1.82, 2.24) is 20.4 Å². The minimum absolute atomic E-state index is 0.0959. The van der Waals surface area contributed by atoms with Crippen LogP contribution in [-0.2, 0) is 16.0 Å². The second-order valence-electron chi connectivity index (χ2n) is 8.56. The van der Waals surface area contributed by atoms with E-state index in [4.69, 9.17) is 13.9 Å². The molecule has 2 atom stereocenters. The minimum atomic E-state index is -0.688. The lowest BCUT2D eigenvalue weighted by Gasteiger charge is -2.32. The summed E-state index contributed by atoms with van der Waals surface area (Å²) in [6.45, 7) is 0. The highest BCUT2D eigenvalue weighted by molar-refractivity contribution is 5.92. The monoisotopic (exact) mass is 501 g/mol. The number of anilines is 1. The number of hydrogen-bond acceptors (Lipinski definition) is 7. The molecule has 190 valence electrons. The molecule has 0 bridgehead atoms. The highest BCUT2D eigenvalue weighted by Gasteiger charge is 2.30. The smallest absolute Gasteiger partial charge is 0.229 e. The molecule has 3 N–H and O–H groups in total. The van der Waals surface area contributed by atoms with Crippen molar-refractivity contribution >= 4 is 17.6 Å². The summed E-state index contributed by atoms with van der Waals surface area (Å²) < 4.78 is 17.7. The first kappa shape index (κ1) is 24.1. The molecule has 37 heavy (non-hydrogen) atoms. The number of nitrogens with one attached hydrogen (secondary N) is 3. The molecule has 2 aromatic carbocycles. The van der Waals surface area contributed by atoms with E-state index in [1.54, 1.807) is 61.6 Å². The van der Waals surface area contributed by atoms with Gasteiger partial charge in [-0.25, -0.2) is 4.68 Å². The van der Waals surface area contributed by atoms with Gasteiger partial charge in [0.25, 0.3) is 0 Å². The number of carbonyl (C=O) groups is 2. The van der Waals surface area contributed by atoms with Crippen molar-refractivity contribution in [3.63, 3.8) is 0 Å². The molecular formula is C27H27N5O5. The van der Waals surface area contributed by atoms with Gasteiger partial charge in [0.15, 0.2) is 23.5 Å². The summed E-state index contributed by atoms with van der Waals surface area (Å²) in [4.78, 5) is 25.7. The molecule has 1 aliphatic rings. The van der Waals surface area contributed by atoms with Crippen molar-refractivity contribution in [1.29, 1.82) is 0 Å². The molecule has 10 heteroatoms. The van der Waals surface area contributed by atoms with Gasteiger partial charge >= 0.3 is 0 Å². The normalized spacial score (nSPS) is 17.2. The number of furan rings is 1. The van der Waals surface area contributed by atoms with Crippen molar-refractivity contribution < 1.29 is 23.5 Å². The summed E-state index contributed by atoms with van der Waals surface area (Å²) in [6.07, 6.45) is 1.24. The van der Waals surface area contributed by atoms with Gasteiger partial charge in [0.05, 0.1) is 26.9 Å². The second kappa shape index (κ2) is 10.6. The first-order valence-corrected chi connectivity index (χ1v) is 11.8. The minimum Gasteiger partial charge on any atom is -0.493 e. The molecule has 2 amide bonds. The van der Waals surface area contributed by atoms with E-state index in [0.29, 0.717) is 28.8 Å². The van der Waals surface area contributed by atoms with E-state index in [0.717, 1.165) is 11.1 Å². The third-order valence-electron chi connectivity index (χ3n) is 6.08. The lowest BCUT2D eigenvalue weighted by atomic mass is 10.0. The first-order valence-electron chi connectivity index (χ1n) is 11.8. The fraction of sp³-hybridized carbons (Fsp3) is 0.222. The Hall–Kier alpha value is -4.57. The van der Waals surface area contributed by atoms with Crippen LogP contribution in [-0.4, -0.2) is 35.8 Å². The molecule has 3 heterocycles. The van der Waals surface area contributed by atoms with Crippen LogP contribution in [0.25, 0.3) is 11.5 Å². The van der Waals surface area contributed by atoms with Gasteiger partial charge in [0, 0.05) is 18.5 Å². The van der Waals surface area contributed by atoms with Crippen molar-refractivity contribution in [2.24, 2.45) is 0 Å². The summed E-state index contributed by atoms with van der Waals surface area (Å²) in [6, 6.07) is 20.1. The maximum absolute atomic E-state index is 13.1. The standard InChI is InChI=1S/C27H27N5O5/c1-35-22-11-10-17(13-23(22)36-2)14-25(33)29-24-15-20(21-9-6-12-37-21)31-32(24)27-28-19(16-26(34)30-27)18-7-4-3-5-8-18/h3-13,15,19,27-28H,14,16H2,1-2H3,(H,29,33)(H,30,34). The third kappa shape index (κ3) is 5.34. The largest absolute Gasteiger partial charge is 0.493 e. The van der Waals surface area contributed by atoms with Gasteiger partial charge in [0.2, 0.25) is 11.8 Å². The van der Waals surface area contributed by atoms with Crippen molar-refractivity contribution in [2.45, 2.75) is 25.2 Å². The summed E-state index contributed by atoms with van der Waals surface area (Å²) in [7, 11) is 3.10. The summed E-state index contributed by atoms with van der Waals surface area (Å²) in [5, 5.41) is 13.9. The lowest BCUT2D eigenvalue weighted by molar-refractivity contribution is -0.125. The van der Waals surface area contributed by atoms with E-state index in [-0.39, 0.29) is 30.7 Å². The Balaban J connectivity index is 1.41. The Morgan fingerprint density at radius 1 is 1.08 bits per heavy atom. The predicted molar refractivity (Wildman–Crippen MR) is 136 cm³/mol. The SMILES string of the molecule is COc1ccc(CC(=O)Nc2cc(-c3ccco3)nn2C2NC(=O)CC(c3ccccc3)N2)cc1OC. The zero-order chi connectivity index (χ0) is 25.8. The number of aromatic nitrogens is 2. The maximum atomic E-state index is 13.1. The quantitative estimate of drug-likeness (QED) is 0.337. The van der Waals surface area contributed by atoms with Gasteiger partial charge in [-0.1, -0.05) is 36.4 Å². The van der Waals surface area contributed by atoms with E-state index in [1.165, 1.54) is 0 Å². The van der Waals surface area contributed by atoms with E-state index in [2.05, 4.69) is 21.0 Å². The molecule has 2 aromatic heterocycles.